The highest BCUT2D eigenvalue weighted by Crippen LogP contribution is 2.33. The van der Waals surface area contributed by atoms with Crippen LogP contribution in [0.2, 0.25) is 0 Å². The van der Waals surface area contributed by atoms with E-state index < -0.39 is 9.84 Å². The van der Waals surface area contributed by atoms with Gasteiger partial charge in [0.25, 0.3) is 0 Å². The van der Waals surface area contributed by atoms with E-state index in [-0.39, 0.29) is 9.79 Å². The normalized spacial score (nSPS) is 11.9. The molecule has 0 aliphatic carbocycles. The lowest BCUT2D eigenvalue weighted by atomic mass is 10.2. The molecule has 166 valence electrons. The zero-order valence-electron chi connectivity index (χ0n) is 18.2. The van der Waals surface area contributed by atoms with Gasteiger partial charge in [-0.1, -0.05) is 60.7 Å². The molecule has 0 saturated heterocycles. The Hall–Kier alpha value is -4.30. The Morgan fingerprint density at radius 3 is 2.24 bits per heavy atom. The Balaban J connectivity index is 1.70. The minimum absolute atomic E-state index is 0.0484. The van der Waals surface area contributed by atoms with E-state index in [1.54, 1.807) is 34.8 Å². The number of aryl methyl sites for hydroxylation is 1. The average molecular weight is 466 g/mol. The maximum absolute atomic E-state index is 13.8. The van der Waals surface area contributed by atoms with Gasteiger partial charge in [-0.25, -0.2) is 22.9 Å². The molecule has 0 N–H and O–H groups in total. The number of hydrogen-bond acceptors (Lipinski definition) is 5. The van der Waals surface area contributed by atoms with Crippen LogP contribution in [0.4, 0.5) is 0 Å². The van der Waals surface area contributed by atoms with Crippen molar-refractivity contribution in [2.75, 3.05) is 0 Å². The fourth-order valence-corrected chi connectivity index (χ4v) is 5.55. The maximum atomic E-state index is 13.8. The summed E-state index contributed by atoms with van der Waals surface area (Å²) in [6.07, 6.45) is 1.41. The van der Waals surface area contributed by atoms with Crippen LogP contribution < -0.4 is 0 Å². The second-order valence-corrected chi connectivity index (χ2v) is 9.85. The Bertz CT molecular complexity index is 1770. The molecule has 0 bridgehead atoms. The molecule has 0 fully saturated rings. The molecule has 0 aliphatic heterocycles. The fourth-order valence-electron chi connectivity index (χ4n) is 4.15. The number of fused-ring (bicyclic) bond motifs is 2. The van der Waals surface area contributed by atoms with Gasteiger partial charge in [-0.2, -0.15) is 5.10 Å². The first-order valence-corrected chi connectivity index (χ1v) is 12.2. The first-order chi connectivity index (χ1) is 16.5. The van der Waals surface area contributed by atoms with Gasteiger partial charge in [0.15, 0.2) is 11.5 Å². The molecule has 0 atom stereocenters. The molecule has 0 radical (unpaired) electrons. The van der Waals surface area contributed by atoms with Crippen LogP contribution in [-0.2, 0) is 16.9 Å². The van der Waals surface area contributed by atoms with Gasteiger partial charge in [0.2, 0.25) is 9.84 Å². The van der Waals surface area contributed by atoms with Gasteiger partial charge in [-0.3, -0.25) is 0 Å². The first-order valence-electron chi connectivity index (χ1n) is 10.7. The number of rotatable bonds is 4. The van der Waals surface area contributed by atoms with E-state index in [0.29, 0.717) is 22.9 Å². The molecule has 6 aromatic rings. The molecule has 0 saturated carbocycles. The van der Waals surface area contributed by atoms with Gasteiger partial charge in [0.05, 0.1) is 27.8 Å². The van der Waals surface area contributed by atoms with Crippen molar-refractivity contribution < 1.29 is 8.42 Å². The summed E-state index contributed by atoms with van der Waals surface area (Å²) < 4.78 is 31.0. The van der Waals surface area contributed by atoms with Gasteiger partial charge in [-0.15, -0.1) is 0 Å². The number of aromatic nitrogens is 5. The molecule has 3 heterocycles. The fraction of sp³-hybridized carbons (Fsp3) is 0.0385. The van der Waals surface area contributed by atoms with Gasteiger partial charge in [0, 0.05) is 18.7 Å². The second-order valence-electron chi connectivity index (χ2n) is 7.94. The van der Waals surface area contributed by atoms with Gasteiger partial charge in [-0.05, 0) is 24.3 Å². The molecule has 3 aromatic heterocycles. The summed E-state index contributed by atoms with van der Waals surface area (Å²) in [5, 5.41) is 4.77. The summed E-state index contributed by atoms with van der Waals surface area (Å²) in [5.74, 6) is 0.491. The Morgan fingerprint density at radius 2 is 1.50 bits per heavy atom. The monoisotopic (exact) mass is 465 g/mol. The van der Waals surface area contributed by atoms with Crippen molar-refractivity contribution in [2.45, 2.75) is 9.79 Å². The van der Waals surface area contributed by atoms with E-state index >= 15 is 0 Å². The third-order valence-electron chi connectivity index (χ3n) is 5.86. The highest BCUT2D eigenvalue weighted by atomic mass is 32.2. The predicted octanol–water partition coefficient (Wildman–Crippen LogP) is 4.78. The highest BCUT2D eigenvalue weighted by Gasteiger charge is 2.28. The Morgan fingerprint density at radius 1 is 0.824 bits per heavy atom. The van der Waals surface area contributed by atoms with Crippen LogP contribution in [0, 0.1) is 0 Å². The van der Waals surface area contributed by atoms with Crippen molar-refractivity contribution in [1.29, 1.82) is 0 Å². The number of benzene rings is 3. The molecule has 6 rings (SSSR count). The van der Waals surface area contributed by atoms with Crippen molar-refractivity contribution in [3.63, 3.8) is 0 Å². The number of nitrogens with zero attached hydrogens (tertiary/aromatic N) is 5. The van der Waals surface area contributed by atoms with Gasteiger partial charge >= 0.3 is 0 Å². The van der Waals surface area contributed by atoms with Gasteiger partial charge in [0.1, 0.15) is 10.6 Å². The quantitative estimate of drug-likeness (QED) is 0.374. The minimum Gasteiger partial charge on any atom is -0.326 e. The number of sulfone groups is 1. The van der Waals surface area contributed by atoms with Gasteiger partial charge < -0.3 is 4.57 Å². The minimum atomic E-state index is -3.90. The number of para-hydroxylation sites is 2. The lowest BCUT2D eigenvalue weighted by molar-refractivity contribution is 0.595. The van der Waals surface area contributed by atoms with Crippen LogP contribution >= 0.6 is 0 Å². The van der Waals surface area contributed by atoms with Crippen LogP contribution in [0.1, 0.15) is 0 Å². The molecule has 0 aliphatic rings. The molecule has 0 unspecified atom stereocenters. The van der Waals surface area contributed by atoms with E-state index in [4.69, 9.17) is 10.1 Å². The van der Waals surface area contributed by atoms with Crippen molar-refractivity contribution in [3.05, 3.63) is 97.2 Å². The zero-order chi connectivity index (χ0) is 23.3. The standard InChI is InChI=1S/C26H19N5O2S/c1-30-22-15-9-8-14-20(22)28-26(30)25-23(34(32,33)19-12-6-3-7-13-19)17-27-24-16-21(29-31(24)25)18-10-4-2-5-11-18/h2-17H,1H3. The van der Waals surface area contributed by atoms with E-state index in [2.05, 4.69) is 4.98 Å². The van der Waals surface area contributed by atoms with E-state index in [1.807, 2.05) is 72.3 Å². The first kappa shape index (κ1) is 20.3. The smallest absolute Gasteiger partial charge is 0.210 e. The molecule has 34 heavy (non-hydrogen) atoms. The summed E-state index contributed by atoms with van der Waals surface area (Å²) in [5.41, 5.74) is 4.17. The van der Waals surface area contributed by atoms with E-state index in [9.17, 15) is 8.42 Å². The van der Waals surface area contributed by atoms with Crippen LogP contribution in [0.5, 0.6) is 0 Å². The van der Waals surface area contributed by atoms with Crippen LogP contribution in [0.25, 0.3) is 39.5 Å². The summed E-state index contributed by atoms with van der Waals surface area (Å²) in [6.45, 7) is 0. The largest absolute Gasteiger partial charge is 0.326 e. The lowest BCUT2D eigenvalue weighted by Crippen LogP contribution is -2.11. The summed E-state index contributed by atoms with van der Waals surface area (Å²) in [4.78, 5) is 9.50. The van der Waals surface area contributed by atoms with Crippen molar-refractivity contribution in [1.82, 2.24) is 24.1 Å². The SMILES string of the molecule is Cn1c(-c2c(S(=O)(=O)c3ccccc3)cnc3cc(-c4ccccc4)nn23)nc2ccccc21. The summed E-state index contributed by atoms with van der Waals surface area (Å²) in [6, 6.07) is 27.6. The molecule has 0 amide bonds. The van der Waals surface area contributed by atoms with E-state index in [1.165, 1.54) is 6.20 Å². The Labute approximate surface area is 195 Å². The molecule has 3 aromatic carbocycles. The highest BCUT2D eigenvalue weighted by molar-refractivity contribution is 7.91. The lowest BCUT2D eigenvalue weighted by Gasteiger charge is -2.12. The van der Waals surface area contributed by atoms with Crippen molar-refractivity contribution in [2.24, 2.45) is 7.05 Å². The second kappa shape index (κ2) is 7.64. The number of hydrogen-bond donors (Lipinski definition) is 0. The average Bonchev–Trinajstić information content (AvgIpc) is 3.46. The topological polar surface area (TPSA) is 82.1 Å². The van der Waals surface area contributed by atoms with E-state index in [0.717, 1.165) is 16.6 Å². The third-order valence-corrected chi connectivity index (χ3v) is 7.63. The molecular formula is C26H19N5O2S. The van der Waals surface area contributed by atoms with Crippen molar-refractivity contribution in [3.8, 4) is 22.8 Å². The molecule has 8 heteroatoms. The maximum Gasteiger partial charge on any atom is 0.210 e. The molecule has 7 nitrogen and oxygen atoms in total. The van der Waals surface area contributed by atoms with Crippen LogP contribution in [0.15, 0.2) is 107 Å². The predicted molar refractivity (Wildman–Crippen MR) is 130 cm³/mol. The van der Waals surface area contributed by atoms with Crippen molar-refractivity contribution >= 4 is 26.5 Å². The summed E-state index contributed by atoms with van der Waals surface area (Å²) >= 11 is 0. The number of imidazole rings is 1. The molecular weight excluding hydrogens is 446 g/mol. The van der Waals surface area contributed by atoms with Crippen LogP contribution in [0.3, 0.4) is 0 Å². The zero-order valence-corrected chi connectivity index (χ0v) is 19.0. The summed E-state index contributed by atoms with van der Waals surface area (Å²) in [7, 11) is -2.02. The third kappa shape index (κ3) is 3.11. The van der Waals surface area contributed by atoms with Crippen LogP contribution in [-0.4, -0.2) is 32.6 Å². The Kier molecular flexibility index (Phi) is 4.56. The molecule has 0 spiro atoms.